The highest BCUT2D eigenvalue weighted by molar-refractivity contribution is 8.00. The molecule has 0 atom stereocenters. The largest absolute Gasteiger partial charge is 0.468 e. The molecule has 2 aromatic heterocycles. The lowest BCUT2D eigenvalue weighted by Gasteiger charge is -2.01. The maximum atomic E-state index is 11.6. The molecule has 0 radical (unpaired) electrons. The number of carbonyl (C=O) groups excluding carboxylic acids is 1. The third-order valence-corrected chi connectivity index (χ3v) is 5.18. The average Bonchev–Trinajstić information content (AvgIpc) is 3.27. The van der Waals surface area contributed by atoms with Crippen LogP contribution in [-0.4, -0.2) is 23.3 Å². The molecule has 1 N–H and O–H groups in total. The average molecular weight is 361 g/mol. The molecule has 0 spiro atoms. The van der Waals surface area contributed by atoms with Crippen LogP contribution in [0.25, 0.3) is 0 Å². The predicted molar refractivity (Wildman–Crippen MR) is 93.3 cm³/mol. The van der Waals surface area contributed by atoms with Gasteiger partial charge in [0.2, 0.25) is 5.13 Å². The molecule has 0 saturated carbocycles. The third-order valence-electron chi connectivity index (χ3n) is 3.17. The summed E-state index contributed by atoms with van der Waals surface area (Å²) in [7, 11) is 1.35. The van der Waals surface area contributed by atoms with Crippen LogP contribution in [0.5, 0.6) is 0 Å². The molecular formula is C16H15N3O3S2. The van der Waals surface area contributed by atoms with Crippen LogP contribution < -0.4 is 5.32 Å². The molecule has 0 aliphatic rings. The van der Waals surface area contributed by atoms with Crippen LogP contribution in [0.2, 0.25) is 0 Å². The van der Waals surface area contributed by atoms with Crippen molar-refractivity contribution in [1.82, 2.24) is 10.2 Å². The minimum absolute atomic E-state index is 0.401. The van der Waals surface area contributed by atoms with E-state index in [2.05, 4.69) is 27.6 Å². The number of nitrogens with one attached hydrogen (secondary N) is 1. The highest BCUT2D eigenvalue weighted by atomic mass is 32.2. The Bertz CT molecular complexity index is 802. The van der Waals surface area contributed by atoms with Crippen molar-refractivity contribution in [2.24, 2.45) is 0 Å². The Morgan fingerprint density at radius 2 is 2.12 bits per heavy atom. The molecule has 1 aromatic carbocycles. The second-order valence-electron chi connectivity index (χ2n) is 4.75. The minimum atomic E-state index is -0.401. The number of methoxy groups -OCH3 is 1. The van der Waals surface area contributed by atoms with E-state index in [-0.39, 0.29) is 0 Å². The first kappa shape index (κ1) is 16.5. The molecule has 0 aliphatic heterocycles. The van der Waals surface area contributed by atoms with E-state index in [9.17, 15) is 4.79 Å². The fourth-order valence-corrected chi connectivity index (χ4v) is 3.68. The molecule has 2 heterocycles. The lowest BCUT2D eigenvalue weighted by atomic mass is 10.2. The summed E-state index contributed by atoms with van der Waals surface area (Å²) >= 11 is 2.93. The Hall–Kier alpha value is -2.32. The van der Waals surface area contributed by atoms with E-state index >= 15 is 0 Å². The van der Waals surface area contributed by atoms with E-state index in [4.69, 9.17) is 9.15 Å². The fraction of sp³-hybridized carbons (Fsp3) is 0.188. The van der Waals surface area contributed by atoms with E-state index in [1.54, 1.807) is 6.07 Å². The maximum absolute atomic E-state index is 11.6. The number of ether oxygens (including phenoxy) is 1. The molecule has 3 rings (SSSR count). The molecule has 6 nitrogen and oxygen atoms in total. The van der Waals surface area contributed by atoms with Crippen molar-refractivity contribution < 1.29 is 13.9 Å². The number of aromatic nitrogens is 2. The Morgan fingerprint density at radius 3 is 2.92 bits per heavy atom. The van der Waals surface area contributed by atoms with Crippen LogP contribution in [0.4, 0.5) is 5.13 Å². The van der Waals surface area contributed by atoms with Gasteiger partial charge in [-0.3, -0.25) is 0 Å². The molecule has 124 valence electrons. The van der Waals surface area contributed by atoms with Crippen molar-refractivity contribution in [2.45, 2.75) is 16.6 Å². The first-order valence-corrected chi connectivity index (χ1v) is 8.95. The SMILES string of the molecule is COC(=O)c1ccoc1CSc1nnc(NCc2ccccc2)s1. The smallest absolute Gasteiger partial charge is 0.341 e. The second kappa shape index (κ2) is 7.98. The Kier molecular flexibility index (Phi) is 5.50. The molecule has 3 aromatic rings. The van der Waals surface area contributed by atoms with Gasteiger partial charge in [-0.25, -0.2) is 4.79 Å². The van der Waals surface area contributed by atoms with Crippen molar-refractivity contribution in [3.8, 4) is 0 Å². The summed E-state index contributed by atoms with van der Waals surface area (Å²) < 4.78 is 10.9. The first-order chi connectivity index (χ1) is 11.8. The molecule has 0 amide bonds. The van der Waals surface area contributed by atoms with E-state index in [1.807, 2.05) is 18.2 Å². The van der Waals surface area contributed by atoms with Gasteiger partial charge in [0.15, 0.2) is 4.34 Å². The lowest BCUT2D eigenvalue weighted by molar-refractivity contribution is 0.0598. The zero-order valence-corrected chi connectivity index (χ0v) is 14.5. The number of rotatable bonds is 7. The van der Waals surface area contributed by atoms with E-state index in [0.717, 1.165) is 9.47 Å². The van der Waals surface area contributed by atoms with Crippen LogP contribution in [0.15, 0.2) is 51.4 Å². The number of hydrogen-bond acceptors (Lipinski definition) is 8. The number of nitrogens with zero attached hydrogens (tertiary/aromatic N) is 2. The number of anilines is 1. The van der Waals surface area contributed by atoms with Crippen molar-refractivity contribution in [3.63, 3.8) is 0 Å². The molecular weight excluding hydrogens is 346 g/mol. The molecule has 24 heavy (non-hydrogen) atoms. The van der Waals surface area contributed by atoms with Crippen LogP contribution in [-0.2, 0) is 17.0 Å². The predicted octanol–water partition coefficient (Wildman–Crippen LogP) is 3.82. The summed E-state index contributed by atoms with van der Waals surface area (Å²) in [5, 5.41) is 12.3. The summed E-state index contributed by atoms with van der Waals surface area (Å²) in [6.45, 7) is 0.699. The fourth-order valence-electron chi connectivity index (χ4n) is 1.98. The molecule has 0 fully saturated rings. The van der Waals surface area contributed by atoms with Gasteiger partial charge in [-0.1, -0.05) is 53.4 Å². The number of benzene rings is 1. The van der Waals surface area contributed by atoms with Gasteiger partial charge in [0, 0.05) is 6.54 Å². The van der Waals surface area contributed by atoms with Crippen LogP contribution >= 0.6 is 23.1 Å². The monoisotopic (exact) mass is 361 g/mol. The number of thioether (sulfide) groups is 1. The molecule has 8 heteroatoms. The standard InChI is InChI=1S/C16H15N3O3S2/c1-21-14(20)12-7-8-22-13(12)10-23-16-19-18-15(24-16)17-9-11-5-3-2-4-6-11/h2-8H,9-10H2,1H3,(H,17,18). The number of furan rings is 1. The molecule has 0 bridgehead atoms. The van der Waals surface area contributed by atoms with E-state index < -0.39 is 5.97 Å². The molecule has 0 saturated heterocycles. The maximum Gasteiger partial charge on any atom is 0.341 e. The van der Waals surface area contributed by atoms with Gasteiger partial charge in [0.25, 0.3) is 0 Å². The Morgan fingerprint density at radius 1 is 1.29 bits per heavy atom. The van der Waals surface area contributed by atoms with Gasteiger partial charge in [0.05, 0.1) is 19.1 Å². The van der Waals surface area contributed by atoms with Gasteiger partial charge in [-0.2, -0.15) is 0 Å². The zero-order valence-electron chi connectivity index (χ0n) is 12.9. The Balaban J connectivity index is 1.55. The third kappa shape index (κ3) is 4.15. The lowest BCUT2D eigenvalue weighted by Crippen LogP contribution is -2.02. The summed E-state index contributed by atoms with van der Waals surface area (Å²) in [6, 6.07) is 11.7. The Labute approximate surface area is 147 Å². The van der Waals surface area contributed by atoms with Crippen molar-refractivity contribution in [3.05, 3.63) is 59.5 Å². The van der Waals surface area contributed by atoms with Crippen molar-refractivity contribution in [2.75, 3.05) is 12.4 Å². The van der Waals surface area contributed by atoms with E-state index in [1.165, 1.54) is 42.0 Å². The summed E-state index contributed by atoms with van der Waals surface area (Å²) in [4.78, 5) is 11.6. The van der Waals surface area contributed by atoms with Gasteiger partial charge in [-0.15, -0.1) is 10.2 Å². The van der Waals surface area contributed by atoms with Crippen LogP contribution in [0.1, 0.15) is 21.7 Å². The van der Waals surface area contributed by atoms with Gasteiger partial charge in [-0.05, 0) is 11.6 Å². The summed E-state index contributed by atoms with van der Waals surface area (Å²) in [6.07, 6.45) is 1.48. The first-order valence-electron chi connectivity index (χ1n) is 7.15. The normalized spacial score (nSPS) is 10.5. The number of esters is 1. The van der Waals surface area contributed by atoms with Gasteiger partial charge in [0.1, 0.15) is 11.3 Å². The van der Waals surface area contributed by atoms with Crippen LogP contribution in [0.3, 0.4) is 0 Å². The number of hydrogen-bond donors (Lipinski definition) is 1. The quantitative estimate of drug-likeness (QED) is 0.506. The van der Waals surface area contributed by atoms with Crippen molar-refractivity contribution >= 4 is 34.2 Å². The summed E-state index contributed by atoms with van der Waals surface area (Å²) in [5.74, 6) is 0.660. The van der Waals surface area contributed by atoms with Crippen LogP contribution in [0, 0.1) is 0 Å². The van der Waals surface area contributed by atoms with Crippen molar-refractivity contribution in [1.29, 1.82) is 0 Å². The van der Waals surface area contributed by atoms with E-state index in [0.29, 0.717) is 23.6 Å². The highest BCUT2D eigenvalue weighted by Crippen LogP contribution is 2.29. The van der Waals surface area contributed by atoms with Gasteiger partial charge >= 0.3 is 5.97 Å². The van der Waals surface area contributed by atoms with Gasteiger partial charge < -0.3 is 14.5 Å². The summed E-state index contributed by atoms with van der Waals surface area (Å²) in [5.41, 5.74) is 1.62. The molecule has 0 unspecified atom stereocenters. The highest BCUT2D eigenvalue weighted by Gasteiger charge is 2.16. The molecule has 0 aliphatic carbocycles. The second-order valence-corrected chi connectivity index (χ2v) is 6.95. The topological polar surface area (TPSA) is 77.2 Å². The minimum Gasteiger partial charge on any atom is -0.468 e. The zero-order chi connectivity index (χ0) is 16.8. The number of carbonyl (C=O) groups is 1.